The summed E-state index contributed by atoms with van der Waals surface area (Å²) in [7, 11) is 4.69. The second-order valence-corrected chi connectivity index (χ2v) is 7.56. The van der Waals surface area contributed by atoms with Crippen LogP contribution in [0.1, 0.15) is 22.1 Å². The van der Waals surface area contributed by atoms with E-state index in [0.717, 1.165) is 16.6 Å². The highest BCUT2D eigenvalue weighted by Gasteiger charge is 2.37. The van der Waals surface area contributed by atoms with Crippen LogP contribution in [0.5, 0.6) is 17.2 Å². The van der Waals surface area contributed by atoms with E-state index in [-0.39, 0.29) is 5.91 Å². The van der Waals surface area contributed by atoms with Gasteiger partial charge >= 0.3 is 0 Å². The van der Waals surface area contributed by atoms with Crippen LogP contribution in [0.2, 0.25) is 0 Å². The van der Waals surface area contributed by atoms with E-state index in [2.05, 4.69) is 5.32 Å². The van der Waals surface area contributed by atoms with E-state index in [1.54, 1.807) is 32.3 Å². The number of para-hydroxylation sites is 2. The van der Waals surface area contributed by atoms with E-state index in [0.29, 0.717) is 34.2 Å². The first kappa shape index (κ1) is 20.6. The number of ether oxygens (including phenoxy) is 3. The van der Waals surface area contributed by atoms with Crippen LogP contribution in [-0.4, -0.2) is 32.2 Å². The molecule has 4 aromatic rings. The number of aromatic nitrogens is 1. The lowest BCUT2D eigenvalue weighted by Gasteiger charge is -2.38. The van der Waals surface area contributed by atoms with Crippen LogP contribution >= 0.6 is 0 Å². The Kier molecular flexibility index (Phi) is 5.22. The zero-order valence-corrected chi connectivity index (χ0v) is 18.5. The molecule has 5 rings (SSSR count). The Morgan fingerprint density at radius 1 is 0.848 bits per heavy atom. The quantitative estimate of drug-likeness (QED) is 0.468. The number of pyridine rings is 1. The molecule has 3 aromatic carbocycles. The lowest BCUT2D eigenvalue weighted by atomic mass is 10.0. The molecule has 1 atom stereocenters. The van der Waals surface area contributed by atoms with Crippen LogP contribution in [0.25, 0.3) is 10.9 Å². The summed E-state index contributed by atoms with van der Waals surface area (Å²) in [5.41, 5.74) is 2.78. The minimum absolute atomic E-state index is 0.157. The van der Waals surface area contributed by atoms with Crippen LogP contribution in [0.15, 0.2) is 72.8 Å². The Balaban J connectivity index is 1.74. The summed E-state index contributed by atoms with van der Waals surface area (Å²) in [4.78, 5) is 20.3. The van der Waals surface area contributed by atoms with Gasteiger partial charge < -0.3 is 19.5 Å². The number of fused-ring (bicyclic) bond motifs is 2. The summed E-state index contributed by atoms with van der Waals surface area (Å²) in [5.74, 6) is 1.84. The SMILES string of the molecule is COc1ccc(C2Nc3nc4ccccc4cc3C(=O)N2c2ccccc2)c(OC)c1OC. The summed E-state index contributed by atoms with van der Waals surface area (Å²) in [6.07, 6.45) is -0.587. The van der Waals surface area contributed by atoms with E-state index < -0.39 is 6.17 Å². The van der Waals surface area contributed by atoms with Gasteiger partial charge in [-0.15, -0.1) is 0 Å². The fourth-order valence-corrected chi connectivity index (χ4v) is 4.24. The van der Waals surface area contributed by atoms with Gasteiger partial charge in [-0.25, -0.2) is 4.98 Å². The molecule has 1 aromatic heterocycles. The molecule has 1 aliphatic rings. The molecule has 0 radical (unpaired) electrons. The van der Waals surface area contributed by atoms with E-state index in [4.69, 9.17) is 19.2 Å². The van der Waals surface area contributed by atoms with Crippen molar-refractivity contribution in [3.05, 3.63) is 83.9 Å². The lowest BCUT2D eigenvalue weighted by Crippen LogP contribution is -2.43. The minimum Gasteiger partial charge on any atom is -0.493 e. The number of carbonyl (C=O) groups is 1. The van der Waals surface area contributed by atoms with Crippen molar-refractivity contribution in [2.75, 3.05) is 31.5 Å². The first-order chi connectivity index (χ1) is 16.2. The van der Waals surface area contributed by atoms with E-state index >= 15 is 0 Å². The molecule has 0 fully saturated rings. The molecule has 1 amide bonds. The Morgan fingerprint density at radius 3 is 2.30 bits per heavy atom. The molecule has 33 heavy (non-hydrogen) atoms. The molecule has 0 saturated carbocycles. The average Bonchev–Trinajstić information content (AvgIpc) is 2.87. The zero-order valence-electron chi connectivity index (χ0n) is 18.5. The first-order valence-corrected chi connectivity index (χ1v) is 10.5. The topological polar surface area (TPSA) is 72.9 Å². The smallest absolute Gasteiger partial charge is 0.264 e. The lowest BCUT2D eigenvalue weighted by molar-refractivity contribution is 0.0974. The van der Waals surface area contributed by atoms with Gasteiger partial charge in [0.2, 0.25) is 5.75 Å². The number of rotatable bonds is 5. The number of methoxy groups -OCH3 is 3. The van der Waals surface area contributed by atoms with E-state index in [1.165, 1.54) is 0 Å². The molecular formula is C26H23N3O4. The molecule has 2 heterocycles. The van der Waals surface area contributed by atoms with Gasteiger partial charge in [0.25, 0.3) is 5.91 Å². The van der Waals surface area contributed by atoms with Crippen molar-refractivity contribution in [2.45, 2.75) is 6.17 Å². The number of nitrogens with one attached hydrogen (secondary N) is 1. The molecule has 166 valence electrons. The summed E-state index contributed by atoms with van der Waals surface area (Å²) in [5, 5.41) is 4.37. The predicted octanol–water partition coefficient (Wildman–Crippen LogP) is 5.03. The predicted molar refractivity (Wildman–Crippen MR) is 127 cm³/mol. The van der Waals surface area contributed by atoms with Crippen molar-refractivity contribution >= 4 is 28.3 Å². The number of carbonyl (C=O) groups excluding carboxylic acids is 1. The number of nitrogens with zero attached hydrogens (tertiary/aromatic N) is 2. The third kappa shape index (κ3) is 3.38. The minimum atomic E-state index is -0.587. The maximum absolute atomic E-state index is 13.9. The second-order valence-electron chi connectivity index (χ2n) is 7.56. The van der Waals surface area contributed by atoms with Gasteiger partial charge in [0, 0.05) is 16.6 Å². The average molecular weight is 441 g/mol. The van der Waals surface area contributed by atoms with E-state index in [9.17, 15) is 4.79 Å². The summed E-state index contributed by atoms with van der Waals surface area (Å²) < 4.78 is 16.8. The van der Waals surface area contributed by atoms with Crippen LogP contribution < -0.4 is 24.4 Å². The van der Waals surface area contributed by atoms with Gasteiger partial charge in [0.1, 0.15) is 12.0 Å². The van der Waals surface area contributed by atoms with Crippen molar-refractivity contribution in [2.24, 2.45) is 0 Å². The molecule has 0 saturated heterocycles. The molecule has 1 N–H and O–H groups in total. The Hall–Kier alpha value is -4.26. The van der Waals surface area contributed by atoms with E-state index in [1.807, 2.05) is 66.7 Å². The van der Waals surface area contributed by atoms with Crippen LogP contribution in [-0.2, 0) is 0 Å². The van der Waals surface area contributed by atoms with Gasteiger partial charge in [-0.1, -0.05) is 36.4 Å². The van der Waals surface area contributed by atoms with Gasteiger partial charge in [0.15, 0.2) is 11.5 Å². The molecular weight excluding hydrogens is 418 g/mol. The highest BCUT2D eigenvalue weighted by molar-refractivity contribution is 6.13. The fraction of sp³-hybridized carbons (Fsp3) is 0.154. The third-order valence-electron chi connectivity index (χ3n) is 5.77. The number of anilines is 2. The van der Waals surface area contributed by atoms with Crippen LogP contribution in [0.3, 0.4) is 0 Å². The zero-order chi connectivity index (χ0) is 22.9. The van der Waals surface area contributed by atoms with Gasteiger partial charge in [-0.3, -0.25) is 9.69 Å². The molecule has 7 nitrogen and oxygen atoms in total. The summed E-state index contributed by atoms with van der Waals surface area (Å²) in [6, 6.07) is 22.8. The number of amides is 1. The van der Waals surface area contributed by atoms with Crippen molar-refractivity contribution in [3.63, 3.8) is 0 Å². The Labute approximate surface area is 191 Å². The number of hydrogen-bond donors (Lipinski definition) is 1. The van der Waals surface area contributed by atoms with Gasteiger partial charge in [-0.2, -0.15) is 0 Å². The molecule has 1 aliphatic heterocycles. The highest BCUT2D eigenvalue weighted by atomic mass is 16.5. The fourth-order valence-electron chi connectivity index (χ4n) is 4.24. The maximum Gasteiger partial charge on any atom is 0.264 e. The van der Waals surface area contributed by atoms with Crippen molar-refractivity contribution in [1.29, 1.82) is 0 Å². The Bertz CT molecular complexity index is 1340. The largest absolute Gasteiger partial charge is 0.493 e. The second kappa shape index (κ2) is 8.35. The molecule has 0 aliphatic carbocycles. The Morgan fingerprint density at radius 2 is 1.58 bits per heavy atom. The first-order valence-electron chi connectivity index (χ1n) is 10.5. The molecule has 0 bridgehead atoms. The molecule has 1 unspecified atom stereocenters. The molecule has 7 heteroatoms. The van der Waals surface area contributed by atoms with Gasteiger partial charge in [-0.05, 0) is 36.4 Å². The highest BCUT2D eigenvalue weighted by Crippen LogP contribution is 2.46. The van der Waals surface area contributed by atoms with Crippen LogP contribution in [0.4, 0.5) is 11.5 Å². The summed E-state index contributed by atoms with van der Waals surface area (Å²) in [6.45, 7) is 0. The molecule has 0 spiro atoms. The van der Waals surface area contributed by atoms with Gasteiger partial charge in [0.05, 0.1) is 32.4 Å². The monoisotopic (exact) mass is 441 g/mol. The number of hydrogen-bond acceptors (Lipinski definition) is 6. The number of benzene rings is 3. The van der Waals surface area contributed by atoms with Crippen LogP contribution in [0, 0.1) is 0 Å². The third-order valence-corrected chi connectivity index (χ3v) is 5.77. The normalized spacial score (nSPS) is 15.1. The summed E-state index contributed by atoms with van der Waals surface area (Å²) >= 11 is 0. The van der Waals surface area contributed by atoms with Crippen molar-refractivity contribution < 1.29 is 19.0 Å². The maximum atomic E-state index is 13.9. The van der Waals surface area contributed by atoms with Crippen molar-refractivity contribution in [1.82, 2.24) is 4.98 Å². The standard InChI is InChI=1S/C26H23N3O4/c1-31-21-14-13-18(22(32-2)23(21)33-3)25-28-24-19(15-16-9-7-8-12-20(16)27-24)26(30)29(25)17-10-5-4-6-11-17/h4-15,25H,1-3H3,(H,27,28). The van der Waals surface area contributed by atoms with Crippen molar-refractivity contribution in [3.8, 4) is 17.2 Å².